The van der Waals surface area contributed by atoms with Crippen LogP contribution in [-0.4, -0.2) is 43.5 Å². The smallest absolute Gasteiger partial charge is 0.141 e. The van der Waals surface area contributed by atoms with Gasteiger partial charge in [0.25, 0.3) is 0 Å². The summed E-state index contributed by atoms with van der Waals surface area (Å²) in [5.74, 6) is 1.11. The lowest BCUT2D eigenvalue weighted by molar-refractivity contribution is -0.131. The summed E-state index contributed by atoms with van der Waals surface area (Å²) in [4.78, 5) is 14.3. The van der Waals surface area contributed by atoms with E-state index in [1.165, 1.54) is 12.0 Å². The van der Waals surface area contributed by atoms with Crippen LogP contribution in [0, 0.1) is 5.92 Å². The van der Waals surface area contributed by atoms with E-state index in [-0.39, 0.29) is 5.92 Å². The highest BCUT2D eigenvalue weighted by Crippen LogP contribution is 2.27. The maximum absolute atomic E-state index is 11.8. The minimum absolute atomic E-state index is 0.100. The molecule has 0 radical (unpaired) electrons. The highest BCUT2D eigenvalue weighted by atomic mass is 16.5. The Kier molecular flexibility index (Phi) is 3.95. The number of hydrogen-bond acceptors (Lipinski definition) is 3. The average molecular weight is 259 g/mol. The maximum atomic E-state index is 11.8. The third kappa shape index (κ3) is 3.04. The van der Waals surface area contributed by atoms with E-state index < -0.39 is 0 Å². The molecule has 1 aromatic carbocycles. The number of likely N-dealkylation sites (tertiary alicyclic amines) is 1. The minimum Gasteiger partial charge on any atom is -0.380 e. The summed E-state index contributed by atoms with van der Waals surface area (Å²) < 4.78 is 5.43. The van der Waals surface area contributed by atoms with Crippen molar-refractivity contribution in [2.45, 2.75) is 18.8 Å². The van der Waals surface area contributed by atoms with Crippen LogP contribution in [0.2, 0.25) is 0 Å². The number of ketones is 1. The second kappa shape index (κ2) is 5.85. The van der Waals surface area contributed by atoms with E-state index in [0.29, 0.717) is 31.3 Å². The van der Waals surface area contributed by atoms with Gasteiger partial charge < -0.3 is 9.64 Å². The Morgan fingerprint density at radius 2 is 2.11 bits per heavy atom. The Morgan fingerprint density at radius 1 is 1.26 bits per heavy atom. The zero-order valence-corrected chi connectivity index (χ0v) is 11.3. The van der Waals surface area contributed by atoms with Crippen LogP contribution in [0.4, 0.5) is 0 Å². The average Bonchev–Trinajstić information content (AvgIpc) is 2.91. The van der Waals surface area contributed by atoms with Crippen LogP contribution < -0.4 is 0 Å². The van der Waals surface area contributed by atoms with E-state index >= 15 is 0 Å². The summed E-state index contributed by atoms with van der Waals surface area (Å²) in [7, 11) is 0. The zero-order valence-electron chi connectivity index (χ0n) is 11.3. The second-order valence-electron chi connectivity index (χ2n) is 5.64. The van der Waals surface area contributed by atoms with Crippen LogP contribution in [0.5, 0.6) is 0 Å². The summed E-state index contributed by atoms with van der Waals surface area (Å²) in [5, 5.41) is 0. The van der Waals surface area contributed by atoms with Crippen molar-refractivity contribution in [3.8, 4) is 0 Å². The van der Waals surface area contributed by atoms with Crippen molar-refractivity contribution in [3.63, 3.8) is 0 Å². The minimum atomic E-state index is 0.100. The van der Waals surface area contributed by atoms with Crippen LogP contribution in [0.25, 0.3) is 0 Å². The van der Waals surface area contributed by atoms with Crippen molar-refractivity contribution in [1.82, 2.24) is 4.90 Å². The van der Waals surface area contributed by atoms with Crippen LogP contribution in [-0.2, 0) is 9.53 Å². The van der Waals surface area contributed by atoms with Gasteiger partial charge in [0, 0.05) is 19.5 Å². The Hall–Kier alpha value is -1.19. The highest BCUT2D eigenvalue weighted by molar-refractivity contribution is 5.82. The van der Waals surface area contributed by atoms with Gasteiger partial charge in [-0.3, -0.25) is 4.79 Å². The quantitative estimate of drug-likeness (QED) is 0.832. The number of rotatable bonds is 3. The molecule has 2 saturated heterocycles. The van der Waals surface area contributed by atoms with Gasteiger partial charge >= 0.3 is 0 Å². The van der Waals surface area contributed by atoms with Gasteiger partial charge in [-0.2, -0.15) is 0 Å². The second-order valence-corrected chi connectivity index (χ2v) is 5.64. The molecule has 2 aliphatic heterocycles. The molecule has 3 heteroatoms. The number of nitrogens with zero attached hydrogens (tertiary/aromatic N) is 1. The molecule has 0 aliphatic carbocycles. The molecule has 19 heavy (non-hydrogen) atoms. The molecule has 2 heterocycles. The molecule has 2 fully saturated rings. The van der Waals surface area contributed by atoms with Gasteiger partial charge in [-0.05, 0) is 24.4 Å². The van der Waals surface area contributed by atoms with Gasteiger partial charge in [-0.25, -0.2) is 0 Å². The van der Waals surface area contributed by atoms with Gasteiger partial charge in [0.2, 0.25) is 0 Å². The van der Waals surface area contributed by atoms with Gasteiger partial charge in [-0.15, -0.1) is 0 Å². The molecule has 2 aliphatic rings. The van der Waals surface area contributed by atoms with Gasteiger partial charge in [0.05, 0.1) is 19.1 Å². The summed E-state index contributed by atoms with van der Waals surface area (Å²) in [6, 6.07) is 10.7. The molecule has 0 spiro atoms. The van der Waals surface area contributed by atoms with Gasteiger partial charge in [0.15, 0.2) is 0 Å². The summed E-state index contributed by atoms with van der Waals surface area (Å²) in [6.45, 7) is 4.28. The Morgan fingerprint density at radius 3 is 2.89 bits per heavy atom. The lowest BCUT2D eigenvalue weighted by atomic mass is 9.98. The van der Waals surface area contributed by atoms with Gasteiger partial charge in [0.1, 0.15) is 5.78 Å². The van der Waals surface area contributed by atoms with E-state index in [1.54, 1.807) is 0 Å². The molecule has 0 amide bonds. The van der Waals surface area contributed by atoms with E-state index in [2.05, 4.69) is 35.2 Å². The van der Waals surface area contributed by atoms with Crippen LogP contribution in [0.1, 0.15) is 24.3 Å². The predicted octanol–water partition coefficient (Wildman–Crippen LogP) is 2.08. The van der Waals surface area contributed by atoms with Crippen LogP contribution >= 0.6 is 0 Å². The molecule has 102 valence electrons. The Balaban J connectivity index is 1.56. The molecular weight excluding hydrogens is 238 g/mol. The fourth-order valence-corrected chi connectivity index (χ4v) is 3.16. The van der Waals surface area contributed by atoms with Crippen LogP contribution in [0.3, 0.4) is 0 Å². The predicted molar refractivity (Wildman–Crippen MR) is 74.2 cm³/mol. The first-order chi connectivity index (χ1) is 9.33. The number of carbonyl (C=O) groups is 1. The molecule has 3 rings (SSSR count). The fourth-order valence-electron chi connectivity index (χ4n) is 3.16. The third-order valence-electron chi connectivity index (χ3n) is 4.29. The summed E-state index contributed by atoms with van der Waals surface area (Å²) >= 11 is 0. The van der Waals surface area contributed by atoms with Crippen molar-refractivity contribution in [2.24, 2.45) is 5.92 Å². The lowest BCUT2D eigenvalue weighted by Crippen LogP contribution is -2.37. The standard InChI is InChI=1S/C16H21NO2/c18-16-7-9-19-12-15(16)11-17-8-6-14(10-17)13-4-2-1-3-5-13/h1-5,14-15H,6-12H2. The molecule has 2 unspecified atom stereocenters. The topological polar surface area (TPSA) is 29.5 Å². The molecule has 0 N–H and O–H groups in total. The third-order valence-corrected chi connectivity index (χ3v) is 4.29. The van der Waals surface area contributed by atoms with Crippen molar-refractivity contribution >= 4 is 5.78 Å². The number of Topliss-reactive ketones (excluding diaryl/α,β-unsaturated/α-hetero) is 1. The number of carbonyl (C=O) groups excluding carboxylic acids is 1. The molecular formula is C16H21NO2. The molecule has 3 nitrogen and oxygen atoms in total. The number of benzene rings is 1. The normalized spacial score (nSPS) is 28.7. The van der Waals surface area contributed by atoms with E-state index in [9.17, 15) is 4.79 Å². The molecule has 1 aromatic rings. The van der Waals surface area contributed by atoms with Crippen molar-refractivity contribution in [3.05, 3.63) is 35.9 Å². The van der Waals surface area contributed by atoms with Gasteiger partial charge in [-0.1, -0.05) is 30.3 Å². The highest BCUT2D eigenvalue weighted by Gasteiger charge is 2.29. The summed E-state index contributed by atoms with van der Waals surface area (Å²) in [6.07, 6.45) is 1.80. The maximum Gasteiger partial charge on any atom is 0.141 e. The molecule has 2 atom stereocenters. The van der Waals surface area contributed by atoms with Crippen molar-refractivity contribution in [1.29, 1.82) is 0 Å². The fraction of sp³-hybridized carbons (Fsp3) is 0.562. The van der Waals surface area contributed by atoms with Crippen molar-refractivity contribution < 1.29 is 9.53 Å². The van der Waals surface area contributed by atoms with Crippen LogP contribution in [0.15, 0.2) is 30.3 Å². The SMILES string of the molecule is O=C1CCOCC1CN1CCC(c2ccccc2)C1. The number of ether oxygens (including phenoxy) is 1. The van der Waals surface area contributed by atoms with Crippen molar-refractivity contribution in [2.75, 3.05) is 32.8 Å². The Bertz CT molecular complexity index is 432. The molecule has 0 bridgehead atoms. The summed E-state index contributed by atoms with van der Waals surface area (Å²) in [5.41, 5.74) is 1.43. The van der Waals surface area contributed by atoms with E-state index in [1.807, 2.05) is 0 Å². The first kappa shape index (κ1) is 12.8. The number of hydrogen-bond donors (Lipinski definition) is 0. The molecule has 0 aromatic heterocycles. The van der Waals surface area contributed by atoms with E-state index in [0.717, 1.165) is 19.6 Å². The largest absolute Gasteiger partial charge is 0.380 e. The lowest BCUT2D eigenvalue weighted by Gasteiger charge is -2.26. The monoisotopic (exact) mass is 259 g/mol. The first-order valence-electron chi connectivity index (χ1n) is 7.20. The zero-order chi connectivity index (χ0) is 13.1. The molecule has 0 saturated carbocycles. The van der Waals surface area contributed by atoms with E-state index in [4.69, 9.17) is 4.74 Å². The first-order valence-corrected chi connectivity index (χ1v) is 7.20. The Labute approximate surface area is 114 Å².